The molecule has 0 bridgehead atoms. The molecule has 0 N–H and O–H groups in total. The summed E-state index contributed by atoms with van der Waals surface area (Å²) in [4.78, 5) is 18.1. The van der Waals surface area contributed by atoms with Crippen LogP contribution < -0.4 is 4.90 Å². The number of aromatic nitrogens is 1. The molecule has 1 heterocycles. The molecule has 0 fully saturated rings. The fraction of sp³-hybridized carbons (Fsp3) is 0.176. The van der Waals surface area contributed by atoms with Gasteiger partial charge >= 0.3 is 0 Å². The summed E-state index contributed by atoms with van der Waals surface area (Å²) in [6.07, 6.45) is 0. The van der Waals surface area contributed by atoms with E-state index in [4.69, 9.17) is 0 Å². The fourth-order valence-corrected chi connectivity index (χ4v) is 3.17. The third-order valence-electron chi connectivity index (χ3n) is 3.43. The smallest absolute Gasteiger partial charge is 0.159 e. The number of nitrogens with zero attached hydrogens (tertiary/aromatic N) is 2. The minimum Gasteiger partial charge on any atom is -0.378 e. The Morgan fingerprint density at radius 3 is 2.43 bits per heavy atom. The first-order valence-electron chi connectivity index (χ1n) is 6.74. The largest absolute Gasteiger partial charge is 0.378 e. The van der Waals surface area contributed by atoms with Gasteiger partial charge in [0.25, 0.3) is 0 Å². The highest BCUT2D eigenvalue weighted by molar-refractivity contribution is 7.21. The number of hydrogen-bond acceptors (Lipinski definition) is 4. The average molecular weight is 296 g/mol. The molecule has 0 radical (unpaired) electrons. The number of fused-ring (bicyclic) bond motifs is 1. The zero-order valence-corrected chi connectivity index (χ0v) is 13.1. The van der Waals surface area contributed by atoms with Crippen LogP contribution in [-0.4, -0.2) is 24.9 Å². The van der Waals surface area contributed by atoms with Crippen LogP contribution in [0.5, 0.6) is 0 Å². The molecule has 0 saturated heterocycles. The minimum atomic E-state index is 0.0847. The molecular weight excluding hydrogens is 280 g/mol. The summed E-state index contributed by atoms with van der Waals surface area (Å²) in [5, 5.41) is 0.982. The number of benzene rings is 2. The van der Waals surface area contributed by atoms with E-state index in [1.54, 1.807) is 18.3 Å². The molecule has 0 aliphatic rings. The van der Waals surface area contributed by atoms with Gasteiger partial charge in [0, 0.05) is 30.9 Å². The van der Waals surface area contributed by atoms with Crippen molar-refractivity contribution < 1.29 is 4.79 Å². The van der Waals surface area contributed by atoms with E-state index in [1.165, 1.54) is 10.4 Å². The molecular formula is C17H16N2OS. The molecule has 106 valence electrons. The predicted molar refractivity (Wildman–Crippen MR) is 89.4 cm³/mol. The first-order chi connectivity index (χ1) is 10.0. The Balaban J connectivity index is 2.02. The maximum absolute atomic E-state index is 11.3. The van der Waals surface area contributed by atoms with Crippen LogP contribution in [0.25, 0.3) is 20.8 Å². The number of hydrogen-bond donors (Lipinski definition) is 0. The zero-order valence-electron chi connectivity index (χ0n) is 12.3. The Kier molecular flexibility index (Phi) is 3.47. The molecule has 4 heteroatoms. The molecule has 0 atom stereocenters. The van der Waals surface area contributed by atoms with Crippen molar-refractivity contribution in [1.29, 1.82) is 0 Å². The van der Waals surface area contributed by atoms with Crippen LogP contribution in [-0.2, 0) is 0 Å². The van der Waals surface area contributed by atoms with Crippen molar-refractivity contribution in [1.82, 2.24) is 4.98 Å². The van der Waals surface area contributed by atoms with Crippen LogP contribution in [0.1, 0.15) is 17.3 Å². The highest BCUT2D eigenvalue weighted by Gasteiger charge is 2.08. The summed E-state index contributed by atoms with van der Waals surface area (Å²) in [5.41, 5.74) is 3.96. The molecule has 3 rings (SSSR count). The van der Waals surface area contributed by atoms with E-state index >= 15 is 0 Å². The summed E-state index contributed by atoms with van der Waals surface area (Å²) >= 11 is 1.67. The standard InChI is InChI=1S/C17H16N2OS/c1-11(20)12-4-6-13(7-5-12)17-18-15-9-8-14(19(2)3)10-16(15)21-17/h4-10H,1-3H3. The Labute approximate surface area is 127 Å². The van der Waals surface area contributed by atoms with Crippen LogP contribution in [0.15, 0.2) is 42.5 Å². The van der Waals surface area contributed by atoms with Crippen LogP contribution in [0.4, 0.5) is 5.69 Å². The van der Waals surface area contributed by atoms with Crippen molar-refractivity contribution in [2.24, 2.45) is 0 Å². The number of carbonyl (C=O) groups excluding carboxylic acids is 1. The lowest BCUT2D eigenvalue weighted by atomic mass is 10.1. The van der Waals surface area contributed by atoms with Crippen molar-refractivity contribution in [2.75, 3.05) is 19.0 Å². The van der Waals surface area contributed by atoms with Gasteiger partial charge in [-0.25, -0.2) is 4.98 Å². The SMILES string of the molecule is CC(=O)c1ccc(-c2nc3ccc(N(C)C)cc3s2)cc1. The van der Waals surface area contributed by atoms with Gasteiger partial charge in [-0.05, 0) is 25.1 Å². The van der Waals surface area contributed by atoms with Gasteiger partial charge in [-0.2, -0.15) is 0 Å². The quantitative estimate of drug-likeness (QED) is 0.678. The van der Waals surface area contributed by atoms with Crippen LogP contribution in [0, 0.1) is 0 Å². The number of ketones is 1. The second-order valence-electron chi connectivity index (χ2n) is 5.20. The fourth-order valence-electron chi connectivity index (χ4n) is 2.16. The third-order valence-corrected chi connectivity index (χ3v) is 4.49. The summed E-state index contributed by atoms with van der Waals surface area (Å²) in [5.74, 6) is 0.0847. The van der Waals surface area contributed by atoms with Gasteiger partial charge in [0.15, 0.2) is 5.78 Å². The lowest BCUT2D eigenvalue weighted by Gasteiger charge is -2.11. The maximum atomic E-state index is 11.3. The lowest BCUT2D eigenvalue weighted by molar-refractivity contribution is 0.101. The van der Waals surface area contributed by atoms with E-state index in [1.807, 2.05) is 38.4 Å². The summed E-state index contributed by atoms with van der Waals surface area (Å²) in [7, 11) is 4.06. The van der Waals surface area contributed by atoms with Gasteiger partial charge in [0.2, 0.25) is 0 Å². The van der Waals surface area contributed by atoms with Crippen molar-refractivity contribution in [3.8, 4) is 10.6 Å². The average Bonchev–Trinajstić information content (AvgIpc) is 2.90. The molecule has 0 unspecified atom stereocenters. The summed E-state index contributed by atoms with van der Waals surface area (Å²) < 4.78 is 1.17. The van der Waals surface area contributed by atoms with Crippen LogP contribution in [0.3, 0.4) is 0 Å². The van der Waals surface area contributed by atoms with Crippen LogP contribution in [0.2, 0.25) is 0 Å². The number of rotatable bonds is 3. The molecule has 0 amide bonds. The summed E-state index contributed by atoms with van der Waals surface area (Å²) in [6, 6.07) is 13.9. The molecule has 0 saturated carbocycles. The molecule has 0 aliphatic carbocycles. The molecule has 21 heavy (non-hydrogen) atoms. The predicted octanol–water partition coefficient (Wildman–Crippen LogP) is 4.23. The van der Waals surface area contributed by atoms with Gasteiger partial charge in [-0.1, -0.05) is 24.3 Å². The number of carbonyl (C=O) groups is 1. The number of anilines is 1. The first kappa shape index (κ1) is 13.8. The van der Waals surface area contributed by atoms with E-state index in [0.717, 1.165) is 21.7 Å². The van der Waals surface area contributed by atoms with E-state index in [-0.39, 0.29) is 5.78 Å². The zero-order chi connectivity index (χ0) is 15.0. The second-order valence-corrected chi connectivity index (χ2v) is 6.23. The van der Waals surface area contributed by atoms with Gasteiger partial charge in [-0.3, -0.25) is 4.79 Å². The Morgan fingerprint density at radius 1 is 1.10 bits per heavy atom. The Hall–Kier alpha value is -2.20. The maximum Gasteiger partial charge on any atom is 0.159 e. The number of Topliss-reactive ketones (excluding diaryl/α,β-unsaturated/α-hetero) is 1. The third kappa shape index (κ3) is 2.67. The molecule has 0 aliphatic heterocycles. The van der Waals surface area contributed by atoms with Gasteiger partial charge < -0.3 is 4.90 Å². The van der Waals surface area contributed by atoms with Gasteiger partial charge in [0.1, 0.15) is 5.01 Å². The monoisotopic (exact) mass is 296 g/mol. The van der Waals surface area contributed by atoms with Gasteiger partial charge in [-0.15, -0.1) is 11.3 Å². The highest BCUT2D eigenvalue weighted by atomic mass is 32.1. The van der Waals surface area contributed by atoms with Gasteiger partial charge in [0.05, 0.1) is 10.2 Å². The van der Waals surface area contributed by atoms with E-state index in [9.17, 15) is 4.79 Å². The summed E-state index contributed by atoms with van der Waals surface area (Å²) in [6.45, 7) is 1.58. The molecule has 3 nitrogen and oxygen atoms in total. The molecule has 1 aromatic heterocycles. The van der Waals surface area contributed by atoms with Crippen LogP contribution >= 0.6 is 11.3 Å². The first-order valence-corrected chi connectivity index (χ1v) is 7.55. The van der Waals surface area contributed by atoms with Crippen molar-refractivity contribution in [3.05, 3.63) is 48.0 Å². The van der Waals surface area contributed by atoms with E-state index in [2.05, 4.69) is 28.1 Å². The van der Waals surface area contributed by atoms with E-state index in [0.29, 0.717) is 0 Å². The minimum absolute atomic E-state index is 0.0847. The van der Waals surface area contributed by atoms with Crippen molar-refractivity contribution in [2.45, 2.75) is 6.92 Å². The number of thiazole rings is 1. The Bertz CT molecular complexity index is 803. The Morgan fingerprint density at radius 2 is 1.81 bits per heavy atom. The lowest BCUT2D eigenvalue weighted by Crippen LogP contribution is -2.07. The normalized spacial score (nSPS) is 10.8. The highest BCUT2D eigenvalue weighted by Crippen LogP contribution is 2.32. The topological polar surface area (TPSA) is 33.2 Å². The van der Waals surface area contributed by atoms with E-state index < -0.39 is 0 Å². The molecule has 3 aromatic rings. The van der Waals surface area contributed by atoms with Crippen molar-refractivity contribution >= 4 is 33.0 Å². The molecule has 2 aromatic carbocycles. The van der Waals surface area contributed by atoms with Crippen molar-refractivity contribution in [3.63, 3.8) is 0 Å². The second kappa shape index (κ2) is 5.30. The molecule has 0 spiro atoms.